The summed E-state index contributed by atoms with van der Waals surface area (Å²) in [5, 5.41) is 12.8. The van der Waals surface area contributed by atoms with Gasteiger partial charge in [-0.25, -0.2) is 0 Å². The zero-order valence-corrected chi connectivity index (χ0v) is 13.2. The number of hydrogen-bond acceptors (Lipinski definition) is 3. The minimum absolute atomic E-state index is 0.284. The van der Waals surface area contributed by atoms with E-state index >= 15 is 0 Å². The van der Waals surface area contributed by atoms with Gasteiger partial charge in [0.15, 0.2) is 0 Å². The summed E-state index contributed by atoms with van der Waals surface area (Å²) in [7, 11) is 0. The Morgan fingerprint density at radius 2 is 2.24 bits per heavy atom. The molecule has 2 unspecified atom stereocenters. The van der Waals surface area contributed by atoms with Gasteiger partial charge in [-0.1, -0.05) is 19.1 Å². The van der Waals surface area contributed by atoms with Crippen LogP contribution >= 0.6 is 0 Å². The fraction of sp³-hybridized carbons (Fsp3) is 0.588. The van der Waals surface area contributed by atoms with Crippen molar-refractivity contribution in [3.05, 3.63) is 29.8 Å². The van der Waals surface area contributed by atoms with Crippen LogP contribution in [0.5, 0.6) is 0 Å². The molecule has 1 aliphatic carbocycles. The van der Waals surface area contributed by atoms with E-state index in [9.17, 15) is 9.90 Å². The Kier molecular flexibility index (Phi) is 4.88. The van der Waals surface area contributed by atoms with Gasteiger partial charge in [-0.05, 0) is 57.4 Å². The van der Waals surface area contributed by atoms with Crippen molar-refractivity contribution in [2.24, 2.45) is 0 Å². The van der Waals surface area contributed by atoms with Crippen molar-refractivity contribution in [3.63, 3.8) is 0 Å². The molecule has 0 radical (unpaired) electrons. The van der Waals surface area contributed by atoms with E-state index in [1.54, 1.807) is 0 Å². The van der Waals surface area contributed by atoms with Gasteiger partial charge in [0, 0.05) is 18.3 Å². The van der Waals surface area contributed by atoms with Gasteiger partial charge in [0.2, 0.25) is 0 Å². The van der Waals surface area contributed by atoms with Crippen LogP contribution in [0.15, 0.2) is 24.3 Å². The van der Waals surface area contributed by atoms with E-state index in [0.29, 0.717) is 19.4 Å². The molecule has 2 rings (SSSR count). The Bertz CT molecular complexity index is 503. The maximum Gasteiger partial charge on any atom is 0.323 e. The molecule has 0 amide bonds. The number of rotatable bonds is 6. The van der Waals surface area contributed by atoms with E-state index in [-0.39, 0.29) is 6.04 Å². The van der Waals surface area contributed by atoms with Crippen molar-refractivity contribution in [2.45, 2.75) is 51.6 Å². The predicted molar refractivity (Wildman–Crippen MR) is 85.9 cm³/mol. The second kappa shape index (κ2) is 6.48. The molecule has 0 aromatic heterocycles. The van der Waals surface area contributed by atoms with Crippen molar-refractivity contribution in [1.82, 2.24) is 5.32 Å². The average Bonchev–Trinajstić information content (AvgIpc) is 2.86. The van der Waals surface area contributed by atoms with Gasteiger partial charge in [-0.3, -0.25) is 4.79 Å². The maximum atomic E-state index is 11.7. The molecule has 4 nitrogen and oxygen atoms in total. The standard InChI is InChI=1S/C17H26N2O2/c1-4-18-17(16(20)21)10-9-15(12-17)19(5-2)14-8-6-7-13(3)11-14/h6-8,11,15,18H,4-5,9-10,12H2,1-3H3,(H,20,21). The fourth-order valence-electron chi connectivity index (χ4n) is 3.51. The molecule has 0 bridgehead atoms. The Morgan fingerprint density at radius 3 is 2.81 bits per heavy atom. The summed E-state index contributed by atoms with van der Waals surface area (Å²) in [5.41, 5.74) is 1.68. The van der Waals surface area contributed by atoms with Crippen LogP contribution in [0.25, 0.3) is 0 Å². The molecule has 1 aliphatic rings. The third-order valence-corrected chi connectivity index (χ3v) is 4.53. The molecule has 0 saturated heterocycles. The molecule has 2 atom stereocenters. The number of benzene rings is 1. The van der Waals surface area contributed by atoms with E-state index < -0.39 is 11.5 Å². The molecule has 21 heavy (non-hydrogen) atoms. The Balaban J connectivity index is 2.19. The predicted octanol–water partition coefficient (Wildman–Crippen LogP) is 2.81. The van der Waals surface area contributed by atoms with Crippen LogP contribution in [-0.4, -0.2) is 35.7 Å². The molecule has 1 fully saturated rings. The number of aryl methyl sites for hydroxylation is 1. The third kappa shape index (κ3) is 3.21. The van der Waals surface area contributed by atoms with Crippen LogP contribution < -0.4 is 10.2 Å². The summed E-state index contributed by atoms with van der Waals surface area (Å²) in [6, 6.07) is 8.73. The molecule has 1 aromatic carbocycles. The molecule has 4 heteroatoms. The summed E-state index contributed by atoms with van der Waals surface area (Å²) in [4.78, 5) is 14.0. The van der Waals surface area contributed by atoms with Gasteiger partial charge >= 0.3 is 5.97 Å². The first-order valence-electron chi connectivity index (χ1n) is 7.84. The highest BCUT2D eigenvalue weighted by atomic mass is 16.4. The minimum Gasteiger partial charge on any atom is -0.480 e. The zero-order valence-electron chi connectivity index (χ0n) is 13.2. The summed E-state index contributed by atoms with van der Waals surface area (Å²) < 4.78 is 0. The van der Waals surface area contributed by atoms with Gasteiger partial charge in [0.05, 0.1) is 0 Å². The van der Waals surface area contributed by atoms with Gasteiger partial charge in [0.25, 0.3) is 0 Å². The highest BCUT2D eigenvalue weighted by Crippen LogP contribution is 2.35. The lowest BCUT2D eigenvalue weighted by Crippen LogP contribution is -2.51. The van der Waals surface area contributed by atoms with E-state index in [1.165, 1.54) is 11.3 Å². The van der Waals surface area contributed by atoms with Gasteiger partial charge in [-0.15, -0.1) is 0 Å². The summed E-state index contributed by atoms with van der Waals surface area (Å²) in [5.74, 6) is -0.716. The summed E-state index contributed by atoms with van der Waals surface area (Å²) >= 11 is 0. The lowest BCUT2D eigenvalue weighted by Gasteiger charge is -2.32. The van der Waals surface area contributed by atoms with Crippen molar-refractivity contribution >= 4 is 11.7 Å². The van der Waals surface area contributed by atoms with Crippen LogP contribution in [0.4, 0.5) is 5.69 Å². The van der Waals surface area contributed by atoms with Crippen molar-refractivity contribution < 1.29 is 9.90 Å². The van der Waals surface area contributed by atoms with E-state index in [0.717, 1.165) is 13.0 Å². The van der Waals surface area contributed by atoms with Crippen LogP contribution in [0.1, 0.15) is 38.7 Å². The van der Waals surface area contributed by atoms with Crippen LogP contribution in [-0.2, 0) is 4.79 Å². The molecule has 2 N–H and O–H groups in total. The first kappa shape index (κ1) is 15.8. The molecule has 0 heterocycles. The highest BCUT2D eigenvalue weighted by molar-refractivity contribution is 5.79. The number of anilines is 1. The number of likely N-dealkylation sites (N-methyl/N-ethyl adjacent to an activating group) is 1. The maximum absolute atomic E-state index is 11.7. The number of carboxylic acid groups (broad SMARTS) is 1. The number of nitrogens with zero attached hydrogens (tertiary/aromatic N) is 1. The first-order valence-corrected chi connectivity index (χ1v) is 7.84. The van der Waals surface area contributed by atoms with Crippen molar-refractivity contribution in [2.75, 3.05) is 18.0 Å². The molecule has 0 aliphatic heterocycles. The monoisotopic (exact) mass is 290 g/mol. The van der Waals surface area contributed by atoms with Gasteiger partial charge in [-0.2, -0.15) is 0 Å². The summed E-state index contributed by atoms with van der Waals surface area (Å²) in [6.07, 6.45) is 2.28. The highest BCUT2D eigenvalue weighted by Gasteiger charge is 2.46. The Hall–Kier alpha value is -1.55. The molecule has 0 spiro atoms. The van der Waals surface area contributed by atoms with Crippen LogP contribution in [0.3, 0.4) is 0 Å². The Morgan fingerprint density at radius 1 is 1.48 bits per heavy atom. The molecule has 116 valence electrons. The lowest BCUT2D eigenvalue weighted by molar-refractivity contribution is -0.144. The first-order chi connectivity index (χ1) is 10.0. The molecular formula is C17H26N2O2. The number of carbonyl (C=O) groups is 1. The smallest absolute Gasteiger partial charge is 0.323 e. The third-order valence-electron chi connectivity index (χ3n) is 4.53. The molecule has 1 saturated carbocycles. The Labute approximate surface area is 127 Å². The minimum atomic E-state index is -0.753. The number of hydrogen-bond donors (Lipinski definition) is 2. The van der Waals surface area contributed by atoms with Gasteiger partial charge < -0.3 is 15.3 Å². The van der Waals surface area contributed by atoms with Gasteiger partial charge in [0.1, 0.15) is 5.54 Å². The zero-order chi connectivity index (χ0) is 15.5. The normalized spacial score (nSPS) is 25.0. The second-order valence-electron chi connectivity index (χ2n) is 5.94. The van der Waals surface area contributed by atoms with E-state index in [2.05, 4.69) is 48.3 Å². The topological polar surface area (TPSA) is 52.6 Å². The fourth-order valence-corrected chi connectivity index (χ4v) is 3.51. The average molecular weight is 290 g/mol. The largest absolute Gasteiger partial charge is 0.480 e. The van der Waals surface area contributed by atoms with E-state index in [1.807, 2.05) is 6.92 Å². The van der Waals surface area contributed by atoms with E-state index in [4.69, 9.17) is 0 Å². The number of carboxylic acids is 1. The SMILES string of the molecule is CCNC1(C(=O)O)CCC(N(CC)c2cccc(C)c2)C1. The van der Waals surface area contributed by atoms with Crippen molar-refractivity contribution in [3.8, 4) is 0 Å². The quantitative estimate of drug-likeness (QED) is 0.846. The number of nitrogens with one attached hydrogen (secondary N) is 1. The molecule has 1 aromatic rings. The number of aliphatic carboxylic acids is 1. The van der Waals surface area contributed by atoms with Crippen molar-refractivity contribution in [1.29, 1.82) is 0 Å². The molecular weight excluding hydrogens is 264 g/mol. The lowest BCUT2D eigenvalue weighted by atomic mass is 9.97. The second-order valence-corrected chi connectivity index (χ2v) is 5.94. The van der Waals surface area contributed by atoms with Crippen LogP contribution in [0, 0.1) is 6.92 Å². The van der Waals surface area contributed by atoms with Crippen LogP contribution in [0.2, 0.25) is 0 Å². The summed E-state index contributed by atoms with van der Waals surface area (Å²) in [6.45, 7) is 7.78.